The molecule has 3 aromatic rings. The number of anilines is 2. The third-order valence-electron chi connectivity index (χ3n) is 5.45. The molecule has 0 bridgehead atoms. The van der Waals surface area contributed by atoms with Gasteiger partial charge in [-0.3, -0.25) is 9.59 Å². The number of carbonyl (C=O) groups excluding carboxylic acids is 2. The number of rotatable bonds is 7. The van der Waals surface area contributed by atoms with Gasteiger partial charge in [0.25, 0.3) is 5.91 Å². The Labute approximate surface area is 218 Å². The molecule has 10 nitrogen and oxygen atoms in total. The SMILES string of the molecule is C[C@@H]1CN(c2cccc(-c3csc(NC(=O)CNC(=O)c4cc(Cl)n(S(C)(=O)=O)c4)n3)c2)C[C@H](C)O1. The molecular weight excluding hydrogens is 526 g/mol. The summed E-state index contributed by atoms with van der Waals surface area (Å²) in [6.07, 6.45) is 2.37. The molecule has 1 aliphatic heterocycles. The summed E-state index contributed by atoms with van der Waals surface area (Å²) in [5.74, 6) is -1.10. The Morgan fingerprint density at radius 2 is 1.94 bits per heavy atom. The van der Waals surface area contributed by atoms with E-state index in [0.717, 1.165) is 46.5 Å². The zero-order valence-electron chi connectivity index (χ0n) is 19.9. The second-order valence-electron chi connectivity index (χ2n) is 8.59. The molecule has 0 saturated carbocycles. The molecule has 2 atom stereocenters. The molecule has 0 unspecified atom stereocenters. The van der Waals surface area contributed by atoms with Crippen molar-refractivity contribution < 1.29 is 22.7 Å². The van der Waals surface area contributed by atoms with Crippen LogP contribution in [-0.2, 0) is 19.6 Å². The van der Waals surface area contributed by atoms with Crippen LogP contribution in [0.2, 0.25) is 5.15 Å². The first kappa shape index (κ1) is 26.1. The van der Waals surface area contributed by atoms with E-state index in [9.17, 15) is 18.0 Å². The topological polar surface area (TPSA) is 123 Å². The van der Waals surface area contributed by atoms with Gasteiger partial charge in [0.05, 0.1) is 36.3 Å². The van der Waals surface area contributed by atoms with Crippen molar-refractivity contribution in [1.29, 1.82) is 0 Å². The number of hydrogen-bond donors (Lipinski definition) is 2. The maximum Gasteiger partial charge on any atom is 0.253 e. The van der Waals surface area contributed by atoms with Gasteiger partial charge in [0.2, 0.25) is 15.9 Å². The van der Waals surface area contributed by atoms with Crippen molar-refractivity contribution in [2.45, 2.75) is 26.1 Å². The zero-order chi connectivity index (χ0) is 26.0. The zero-order valence-corrected chi connectivity index (χ0v) is 22.3. The number of hydrogen-bond acceptors (Lipinski definition) is 8. The minimum Gasteiger partial charge on any atom is -0.372 e. The van der Waals surface area contributed by atoms with Gasteiger partial charge in [0.1, 0.15) is 5.15 Å². The molecule has 1 aliphatic rings. The first-order valence-electron chi connectivity index (χ1n) is 11.1. The van der Waals surface area contributed by atoms with E-state index in [1.165, 1.54) is 17.4 Å². The van der Waals surface area contributed by atoms with Crippen molar-refractivity contribution in [3.05, 3.63) is 52.6 Å². The van der Waals surface area contributed by atoms with E-state index in [1.807, 2.05) is 17.5 Å². The van der Waals surface area contributed by atoms with Crippen LogP contribution in [0.1, 0.15) is 24.2 Å². The summed E-state index contributed by atoms with van der Waals surface area (Å²) in [5.41, 5.74) is 2.77. The lowest BCUT2D eigenvalue weighted by Gasteiger charge is -2.37. The van der Waals surface area contributed by atoms with Crippen LogP contribution in [0, 0.1) is 0 Å². The van der Waals surface area contributed by atoms with Crippen LogP contribution in [0.3, 0.4) is 0 Å². The molecule has 2 amide bonds. The number of nitrogens with zero attached hydrogens (tertiary/aromatic N) is 3. The lowest BCUT2D eigenvalue weighted by atomic mass is 10.1. The Morgan fingerprint density at radius 1 is 1.22 bits per heavy atom. The molecule has 0 spiro atoms. The molecule has 0 radical (unpaired) electrons. The van der Waals surface area contributed by atoms with Crippen LogP contribution < -0.4 is 15.5 Å². The number of morpholine rings is 1. The van der Waals surface area contributed by atoms with E-state index in [0.29, 0.717) is 5.13 Å². The first-order chi connectivity index (χ1) is 17.0. The summed E-state index contributed by atoms with van der Waals surface area (Å²) in [6, 6.07) is 9.29. The molecule has 1 aromatic carbocycles. The third-order valence-corrected chi connectivity index (χ3v) is 7.61. The highest BCUT2D eigenvalue weighted by atomic mass is 35.5. The third kappa shape index (κ3) is 6.25. The Kier molecular flexibility index (Phi) is 7.69. The molecule has 0 aliphatic carbocycles. The predicted molar refractivity (Wildman–Crippen MR) is 140 cm³/mol. The van der Waals surface area contributed by atoms with Crippen LogP contribution in [-0.4, -0.2) is 67.3 Å². The summed E-state index contributed by atoms with van der Waals surface area (Å²) >= 11 is 7.15. The number of ether oxygens (including phenoxy) is 1. The fraction of sp³-hybridized carbons (Fsp3) is 0.348. The van der Waals surface area contributed by atoms with Crippen molar-refractivity contribution in [2.75, 3.05) is 36.1 Å². The van der Waals surface area contributed by atoms with Crippen molar-refractivity contribution >= 4 is 55.6 Å². The Morgan fingerprint density at radius 3 is 2.61 bits per heavy atom. The average Bonchev–Trinajstić information content (AvgIpc) is 3.43. The quantitative estimate of drug-likeness (QED) is 0.462. The molecule has 3 heterocycles. The maximum absolute atomic E-state index is 12.3. The first-order valence-corrected chi connectivity index (χ1v) is 14.2. The Bertz CT molecular complexity index is 1380. The summed E-state index contributed by atoms with van der Waals surface area (Å²) in [7, 11) is -3.64. The van der Waals surface area contributed by atoms with Gasteiger partial charge in [0.15, 0.2) is 5.13 Å². The van der Waals surface area contributed by atoms with Crippen molar-refractivity contribution in [2.24, 2.45) is 0 Å². The lowest BCUT2D eigenvalue weighted by Crippen LogP contribution is -2.45. The number of thiazole rings is 1. The number of carbonyl (C=O) groups is 2. The van der Waals surface area contributed by atoms with Crippen molar-refractivity contribution in [3.8, 4) is 11.3 Å². The van der Waals surface area contributed by atoms with Gasteiger partial charge in [-0.1, -0.05) is 23.7 Å². The van der Waals surface area contributed by atoms with Crippen LogP contribution in [0.15, 0.2) is 41.9 Å². The lowest BCUT2D eigenvalue weighted by molar-refractivity contribution is -0.115. The molecule has 13 heteroatoms. The van der Waals surface area contributed by atoms with Gasteiger partial charge in [-0.2, -0.15) is 0 Å². The largest absolute Gasteiger partial charge is 0.372 e. The second-order valence-corrected chi connectivity index (χ2v) is 11.7. The second kappa shape index (κ2) is 10.6. The fourth-order valence-electron chi connectivity index (χ4n) is 3.94. The molecule has 192 valence electrons. The minimum atomic E-state index is -3.64. The van der Waals surface area contributed by atoms with E-state index in [-0.39, 0.29) is 29.5 Å². The molecule has 4 rings (SSSR count). The molecule has 1 saturated heterocycles. The number of amides is 2. The predicted octanol–water partition coefficient (Wildman–Crippen LogP) is 3.05. The number of aromatic nitrogens is 2. The summed E-state index contributed by atoms with van der Waals surface area (Å²) < 4.78 is 29.9. The Hall–Kier alpha value is -2.93. The number of halogens is 1. The van der Waals surface area contributed by atoms with Gasteiger partial charge < -0.3 is 20.3 Å². The van der Waals surface area contributed by atoms with Gasteiger partial charge >= 0.3 is 0 Å². The van der Waals surface area contributed by atoms with Gasteiger partial charge in [-0.05, 0) is 32.0 Å². The normalized spacial score (nSPS) is 18.2. The molecule has 1 fully saturated rings. The summed E-state index contributed by atoms with van der Waals surface area (Å²) in [6.45, 7) is 5.42. The summed E-state index contributed by atoms with van der Waals surface area (Å²) in [5, 5.41) is 7.24. The highest BCUT2D eigenvalue weighted by molar-refractivity contribution is 7.89. The standard InChI is InChI=1S/C23H26ClN5O5S2/c1-14-10-28(11-15(2)34-14)18-6-4-5-16(7-18)19-13-35-23(26-19)27-21(30)9-25-22(31)17-8-20(24)29(12-17)36(3,32)33/h4-8,12-15H,9-11H2,1-3H3,(H,25,31)(H,26,27,30)/t14-,15+. The van der Waals surface area contributed by atoms with E-state index in [1.54, 1.807) is 0 Å². The summed E-state index contributed by atoms with van der Waals surface area (Å²) in [4.78, 5) is 31.4. The van der Waals surface area contributed by atoms with Gasteiger partial charge in [-0.25, -0.2) is 17.4 Å². The molecule has 2 aromatic heterocycles. The van der Waals surface area contributed by atoms with E-state index in [2.05, 4.69) is 46.5 Å². The molecular formula is C23H26ClN5O5S2. The van der Waals surface area contributed by atoms with Crippen LogP contribution >= 0.6 is 22.9 Å². The van der Waals surface area contributed by atoms with Crippen LogP contribution in [0.25, 0.3) is 11.3 Å². The van der Waals surface area contributed by atoms with E-state index >= 15 is 0 Å². The highest BCUT2D eigenvalue weighted by Gasteiger charge is 2.23. The molecule has 36 heavy (non-hydrogen) atoms. The Balaban J connectivity index is 1.36. The van der Waals surface area contributed by atoms with E-state index < -0.39 is 21.8 Å². The van der Waals surface area contributed by atoms with E-state index in [4.69, 9.17) is 16.3 Å². The van der Waals surface area contributed by atoms with Crippen molar-refractivity contribution in [3.63, 3.8) is 0 Å². The van der Waals surface area contributed by atoms with Crippen LogP contribution in [0.4, 0.5) is 10.8 Å². The maximum atomic E-state index is 12.3. The smallest absolute Gasteiger partial charge is 0.253 e. The van der Waals surface area contributed by atoms with Gasteiger partial charge in [0, 0.05) is 35.9 Å². The van der Waals surface area contributed by atoms with Gasteiger partial charge in [-0.15, -0.1) is 11.3 Å². The average molecular weight is 552 g/mol. The minimum absolute atomic E-state index is 0.0266. The fourth-order valence-corrected chi connectivity index (χ4v) is 5.89. The van der Waals surface area contributed by atoms with Crippen LogP contribution in [0.5, 0.6) is 0 Å². The number of benzene rings is 1. The highest BCUT2D eigenvalue weighted by Crippen LogP contribution is 2.29. The van der Waals surface area contributed by atoms with Crippen molar-refractivity contribution in [1.82, 2.24) is 14.3 Å². The monoisotopic (exact) mass is 551 g/mol. The number of nitrogens with one attached hydrogen (secondary N) is 2. The molecule has 2 N–H and O–H groups in total.